The predicted octanol–water partition coefficient (Wildman–Crippen LogP) is 2.69. The summed E-state index contributed by atoms with van der Waals surface area (Å²) in [6.45, 7) is 11.5. The minimum absolute atomic E-state index is 0.0205. The molecule has 0 spiro atoms. The van der Waals surface area contributed by atoms with Crippen molar-refractivity contribution in [1.29, 1.82) is 0 Å². The molecule has 1 aliphatic carbocycles. The zero-order valence-corrected chi connectivity index (χ0v) is 14.1. The summed E-state index contributed by atoms with van der Waals surface area (Å²) in [7, 11) is 0. The van der Waals surface area contributed by atoms with Gasteiger partial charge in [-0.1, -0.05) is 27.2 Å². The minimum atomic E-state index is 0.0205. The van der Waals surface area contributed by atoms with Crippen molar-refractivity contribution in [2.45, 2.75) is 51.5 Å². The molecule has 3 aliphatic rings. The molecule has 2 unspecified atom stereocenters. The number of aromatic nitrogens is 2. The molecule has 3 fully saturated rings. The van der Waals surface area contributed by atoms with Gasteiger partial charge in [0.15, 0.2) is 0 Å². The fourth-order valence-electron chi connectivity index (χ4n) is 4.33. The van der Waals surface area contributed by atoms with Crippen LogP contribution in [-0.4, -0.2) is 47.1 Å². The Morgan fingerprint density at radius 3 is 2.36 bits per heavy atom. The van der Waals surface area contributed by atoms with Crippen LogP contribution in [0, 0.1) is 11.8 Å². The molecule has 0 N–H and O–H groups in total. The van der Waals surface area contributed by atoms with E-state index in [-0.39, 0.29) is 5.41 Å². The van der Waals surface area contributed by atoms with Gasteiger partial charge in [-0.25, -0.2) is 9.97 Å². The van der Waals surface area contributed by atoms with Crippen LogP contribution >= 0.6 is 0 Å². The van der Waals surface area contributed by atoms with Gasteiger partial charge in [0.1, 0.15) is 11.6 Å². The van der Waals surface area contributed by atoms with E-state index in [2.05, 4.69) is 41.6 Å². The smallest absolute Gasteiger partial charge is 0.135 e. The third-order valence-corrected chi connectivity index (χ3v) is 5.77. The lowest BCUT2D eigenvalue weighted by Crippen LogP contribution is -2.59. The van der Waals surface area contributed by atoms with Crippen LogP contribution in [0.4, 0.5) is 5.82 Å². The zero-order valence-electron chi connectivity index (χ0n) is 14.1. The molecular formula is C18H28N4. The van der Waals surface area contributed by atoms with E-state index in [0.717, 1.165) is 42.6 Å². The van der Waals surface area contributed by atoms with E-state index in [0.29, 0.717) is 0 Å². The SMILES string of the molecule is CC(C)(C)c1nccc(N2CC(N3CC4CCCC4C3)C2)n1. The monoisotopic (exact) mass is 300 g/mol. The van der Waals surface area contributed by atoms with Gasteiger partial charge in [0.2, 0.25) is 0 Å². The molecule has 4 heteroatoms. The van der Waals surface area contributed by atoms with Crippen molar-refractivity contribution in [3.63, 3.8) is 0 Å². The topological polar surface area (TPSA) is 32.3 Å². The Bertz CT molecular complexity index is 532. The Kier molecular flexibility index (Phi) is 3.40. The lowest BCUT2D eigenvalue weighted by atomic mass is 9.96. The highest BCUT2D eigenvalue weighted by Crippen LogP contribution is 2.39. The quantitative estimate of drug-likeness (QED) is 0.840. The average Bonchev–Trinajstić information content (AvgIpc) is 2.97. The van der Waals surface area contributed by atoms with Crippen LogP contribution in [0.2, 0.25) is 0 Å². The van der Waals surface area contributed by atoms with E-state index < -0.39 is 0 Å². The fourth-order valence-corrected chi connectivity index (χ4v) is 4.33. The van der Waals surface area contributed by atoms with Gasteiger partial charge in [-0.3, -0.25) is 4.90 Å². The molecule has 1 aromatic heterocycles. The van der Waals surface area contributed by atoms with Crippen molar-refractivity contribution >= 4 is 5.82 Å². The molecule has 2 atom stereocenters. The number of hydrogen-bond donors (Lipinski definition) is 0. The zero-order chi connectivity index (χ0) is 15.3. The summed E-state index contributed by atoms with van der Waals surface area (Å²) < 4.78 is 0. The average molecular weight is 300 g/mol. The first-order valence-corrected chi connectivity index (χ1v) is 8.83. The Balaban J connectivity index is 1.37. The second-order valence-corrected chi connectivity index (χ2v) is 8.45. The molecule has 120 valence electrons. The predicted molar refractivity (Wildman–Crippen MR) is 89.1 cm³/mol. The summed E-state index contributed by atoms with van der Waals surface area (Å²) in [5.74, 6) is 4.06. The van der Waals surface area contributed by atoms with Gasteiger partial charge in [0.05, 0.1) is 0 Å². The third kappa shape index (κ3) is 2.51. The molecule has 0 aromatic carbocycles. The molecule has 4 rings (SSSR count). The molecule has 0 bridgehead atoms. The number of nitrogens with zero attached hydrogens (tertiary/aromatic N) is 4. The minimum Gasteiger partial charge on any atom is -0.353 e. The van der Waals surface area contributed by atoms with Crippen molar-refractivity contribution in [1.82, 2.24) is 14.9 Å². The third-order valence-electron chi connectivity index (χ3n) is 5.77. The van der Waals surface area contributed by atoms with Gasteiger partial charge in [0.25, 0.3) is 0 Å². The van der Waals surface area contributed by atoms with Gasteiger partial charge >= 0.3 is 0 Å². The first-order chi connectivity index (χ1) is 10.5. The lowest BCUT2D eigenvalue weighted by molar-refractivity contribution is 0.189. The summed E-state index contributed by atoms with van der Waals surface area (Å²) in [5, 5.41) is 0. The van der Waals surface area contributed by atoms with Crippen LogP contribution in [-0.2, 0) is 5.41 Å². The van der Waals surface area contributed by atoms with Crippen LogP contribution < -0.4 is 4.90 Å². The first kappa shape index (κ1) is 14.4. The summed E-state index contributed by atoms with van der Waals surface area (Å²) in [5.41, 5.74) is 0.0205. The van der Waals surface area contributed by atoms with Gasteiger partial charge in [0, 0.05) is 43.8 Å². The van der Waals surface area contributed by atoms with Crippen molar-refractivity contribution in [3.05, 3.63) is 18.1 Å². The van der Waals surface area contributed by atoms with Gasteiger partial charge in [-0.05, 0) is 30.7 Å². The van der Waals surface area contributed by atoms with Gasteiger partial charge in [-0.15, -0.1) is 0 Å². The van der Waals surface area contributed by atoms with Crippen LogP contribution in [0.3, 0.4) is 0 Å². The Hall–Kier alpha value is -1.16. The second kappa shape index (κ2) is 5.19. The Labute approximate surface area is 133 Å². The van der Waals surface area contributed by atoms with Gasteiger partial charge < -0.3 is 4.90 Å². The molecule has 0 radical (unpaired) electrons. The highest BCUT2D eigenvalue weighted by atomic mass is 15.3. The van der Waals surface area contributed by atoms with E-state index in [4.69, 9.17) is 4.98 Å². The molecule has 4 nitrogen and oxygen atoms in total. The Morgan fingerprint density at radius 2 is 1.73 bits per heavy atom. The number of rotatable bonds is 2. The Morgan fingerprint density at radius 1 is 1.05 bits per heavy atom. The van der Waals surface area contributed by atoms with Crippen LogP contribution in [0.25, 0.3) is 0 Å². The molecule has 1 saturated carbocycles. The maximum absolute atomic E-state index is 4.78. The molecular weight excluding hydrogens is 272 g/mol. The van der Waals surface area contributed by atoms with E-state index in [1.54, 1.807) is 0 Å². The van der Waals surface area contributed by atoms with Crippen LogP contribution in [0.1, 0.15) is 45.9 Å². The molecule has 1 aromatic rings. The number of fused-ring (bicyclic) bond motifs is 1. The molecule has 0 amide bonds. The number of anilines is 1. The number of hydrogen-bond acceptors (Lipinski definition) is 4. The highest BCUT2D eigenvalue weighted by molar-refractivity contribution is 5.42. The highest BCUT2D eigenvalue weighted by Gasteiger charge is 2.42. The van der Waals surface area contributed by atoms with Gasteiger partial charge in [-0.2, -0.15) is 0 Å². The molecule has 2 saturated heterocycles. The summed E-state index contributed by atoms with van der Waals surface area (Å²) >= 11 is 0. The summed E-state index contributed by atoms with van der Waals surface area (Å²) in [4.78, 5) is 14.4. The van der Waals surface area contributed by atoms with E-state index >= 15 is 0 Å². The summed E-state index contributed by atoms with van der Waals surface area (Å²) in [6, 6.07) is 2.81. The van der Waals surface area contributed by atoms with Crippen molar-refractivity contribution in [2.75, 3.05) is 31.1 Å². The lowest BCUT2D eigenvalue weighted by Gasteiger charge is -2.45. The molecule has 2 aliphatic heterocycles. The number of likely N-dealkylation sites (tertiary alicyclic amines) is 1. The maximum Gasteiger partial charge on any atom is 0.135 e. The molecule has 22 heavy (non-hydrogen) atoms. The van der Waals surface area contributed by atoms with Crippen LogP contribution in [0.15, 0.2) is 12.3 Å². The van der Waals surface area contributed by atoms with Crippen molar-refractivity contribution in [2.24, 2.45) is 11.8 Å². The molecule has 3 heterocycles. The summed E-state index contributed by atoms with van der Waals surface area (Å²) in [6.07, 6.45) is 6.32. The first-order valence-electron chi connectivity index (χ1n) is 8.83. The van der Waals surface area contributed by atoms with E-state index in [1.807, 2.05) is 6.20 Å². The normalized spacial score (nSPS) is 29.7. The van der Waals surface area contributed by atoms with Crippen molar-refractivity contribution < 1.29 is 0 Å². The standard InChI is InChI=1S/C18H28N4/c1-18(2,3)17-19-8-7-16(20-17)22-11-15(12-22)21-9-13-5-4-6-14(13)10-21/h7-8,13-15H,4-6,9-12H2,1-3H3. The largest absolute Gasteiger partial charge is 0.353 e. The fraction of sp³-hybridized carbons (Fsp3) is 0.778. The van der Waals surface area contributed by atoms with Crippen LogP contribution in [0.5, 0.6) is 0 Å². The maximum atomic E-state index is 4.78. The second-order valence-electron chi connectivity index (χ2n) is 8.45. The van der Waals surface area contributed by atoms with Crippen molar-refractivity contribution in [3.8, 4) is 0 Å². The van der Waals surface area contributed by atoms with E-state index in [1.165, 1.54) is 32.4 Å². The van der Waals surface area contributed by atoms with E-state index in [9.17, 15) is 0 Å².